The fourth-order valence-corrected chi connectivity index (χ4v) is 5.93. The summed E-state index contributed by atoms with van der Waals surface area (Å²) in [5, 5.41) is 2.95. The van der Waals surface area contributed by atoms with E-state index in [1.54, 1.807) is 0 Å². The van der Waals surface area contributed by atoms with Crippen LogP contribution >= 0.6 is 7.92 Å². The smallest absolute Gasteiger partial charge is 0.197 e. The Morgan fingerprint density at radius 1 is 0.708 bits per heavy atom. The van der Waals surface area contributed by atoms with E-state index < -0.39 is 7.92 Å². The first kappa shape index (κ1) is 15.2. The van der Waals surface area contributed by atoms with Crippen LogP contribution in [0.2, 0.25) is 0 Å². The minimum absolute atomic E-state index is 0.00851. The minimum atomic E-state index is -1.48. The molecular weight excluding hydrogens is 315 g/mol. The molecule has 3 aromatic rings. The van der Waals surface area contributed by atoms with Gasteiger partial charge in [0.2, 0.25) is 0 Å². The highest BCUT2D eigenvalue weighted by Crippen LogP contribution is 2.51. The maximum absolute atomic E-state index is 13.0. The van der Waals surface area contributed by atoms with E-state index in [9.17, 15) is 9.59 Å². The number of rotatable bonds is 1. The minimum Gasteiger partial charge on any atom is -0.288 e. The second-order valence-corrected chi connectivity index (χ2v) is 8.37. The van der Waals surface area contributed by atoms with Crippen LogP contribution in [0.4, 0.5) is 0 Å². The second kappa shape index (κ2) is 5.36. The Kier molecular flexibility index (Phi) is 3.40. The van der Waals surface area contributed by atoms with Crippen LogP contribution in [0, 0.1) is 20.8 Å². The molecule has 3 aromatic carbocycles. The van der Waals surface area contributed by atoms with Crippen LogP contribution in [0.5, 0.6) is 0 Å². The van der Waals surface area contributed by atoms with E-state index in [4.69, 9.17) is 0 Å². The molecule has 2 nitrogen and oxygen atoms in total. The molecule has 24 heavy (non-hydrogen) atoms. The molecule has 0 saturated carbocycles. The zero-order chi connectivity index (χ0) is 17.0. The highest BCUT2D eigenvalue weighted by Gasteiger charge is 2.41. The predicted molar refractivity (Wildman–Crippen MR) is 99.8 cm³/mol. The molecule has 4 rings (SSSR count). The first-order chi connectivity index (χ1) is 11.5. The van der Waals surface area contributed by atoms with E-state index in [-0.39, 0.29) is 11.0 Å². The van der Waals surface area contributed by atoms with Gasteiger partial charge >= 0.3 is 0 Å². The number of fused-ring (bicyclic) bond motifs is 2. The summed E-state index contributed by atoms with van der Waals surface area (Å²) >= 11 is 0. The van der Waals surface area contributed by atoms with Gasteiger partial charge in [0.25, 0.3) is 0 Å². The van der Waals surface area contributed by atoms with E-state index in [1.165, 1.54) is 0 Å². The quantitative estimate of drug-likeness (QED) is 0.596. The van der Waals surface area contributed by atoms with Crippen molar-refractivity contribution in [3.63, 3.8) is 0 Å². The molecular formula is C21H17O2P. The molecule has 0 fully saturated rings. The SMILES string of the molecule is Cc1cc(C)c(P2C(=O)c3cc4ccccc4cc3C2=O)c(C)c1. The molecule has 0 saturated heterocycles. The molecule has 118 valence electrons. The Bertz CT molecular complexity index is 956. The first-order valence-electron chi connectivity index (χ1n) is 7.97. The van der Waals surface area contributed by atoms with Gasteiger partial charge in [-0.15, -0.1) is 0 Å². The third kappa shape index (κ3) is 2.14. The van der Waals surface area contributed by atoms with Crippen molar-refractivity contribution in [3.8, 4) is 0 Å². The summed E-state index contributed by atoms with van der Waals surface area (Å²) in [6, 6.07) is 15.8. The molecule has 0 N–H and O–H groups in total. The van der Waals surface area contributed by atoms with Crippen molar-refractivity contribution in [1.29, 1.82) is 0 Å². The summed E-state index contributed by atoms with van der Waals surface area (Å²) in [6.07, 6.45) is 0. The van der Waals surface area contributed by atoms with E-state index in [2.05, 4.69) is 12.1 Å². The Morgan fingerprint density at radius 3 is 1.62 bits per heavy atom. The van der Waals surface area contributed by atoms with Gasteiger partial charge in [-0.3, -0.25) is 9.59 Å². The van der Waals surface area contributed by atoms with E-state index in [1.807, 2.05) is 57.2 Å². The number of carbonyl (C=O) groups excluding carboxylic acids is 2. The van der Waals surface area contributed by atoms with Gasteiger partial charge in [0.15, 0.2) is 11.0 Å². The fraction of sp³-hybridized carbons (Fsp3) is 0.143. The van der Waals surface area contributed by atoms with Gasteiger partial charge in [-0.1, -0.05) is 42.0 Å². The van der Waals surface area contributed by atoms with E-state index in [0.717, 1.165) is 32.8 Å². The number of benzene rings is 3. The summed E-state index contributed by atoms with van der Waals surface area (Å²) < 4.78 is 0. The van der Waals surface area contributed by atoms with Crippen molar-refractivity contribution in [3.05, 3.63) is 76.3 Å². The van der Waals surface area contributed by atoms with Crippen molar-refractivity contribution in [2.45, 2.75) is 20.8 Å². The normalized spacial score (nSPS) is 14.5. The highest BCUT2D eigenvalue weighted by atomic mass is 31.1. The Hall–Kier alpha value is -2.31. The van der Waals surface area contributed by atoms with Crippen molar-refractivity contribution in [2.24, 2.45) is 0 Å². The van der Waals surface area contributed by atoms with Gasteiger partial charge in [0, 0.05) is 11.1 Å². The highest BCUT2D eigenvalue weighted by molar-refractivity contribution is 7.97. The number of hydrogen-bond donors (Lipinski definition) is 0. The maximum Gasteiger partial charge on any atom is 0.197 e. The summed E-state index contributed by atoms with van der Waals surface area (Å²) in [4.78, 5) is 26.1. The molecule has 3 heteroatoms. The molecule has 0 atom stereocenters. The van der Waals surface area contributed by atoms with Crippen LogP contribution < -0.4 is 5.30 Å². The molecule has 0 aliphatic carbocycles. The molecule has 1 heterocycles. The third-order valence-corrected chi connectivity index (χ3v) is 7.06. The summed E-state index contributed by atoms with van der Waals surface area (Å²) in [7, 11) is -1.48. The maximum atomic E-state index is 13.0. The first-order valence-corrected chi connectivity index (χ1v) is 9.31. The lowest BCUT2D eigenvalue weighted by Gasteiger charge is -2.15. The van der Waals surface area contributed by atoms with E-state index >= 15 is 0 Å². The van der Waals surface area contributed by atoms with Gasteiger partial charge in [0.05, 0.1) is 7.92 Å². The number of hydrogen-bond acceptors (Lipinski definition) is 2. The zero-order valence-electron chi connectivity index (χ0n) is 13.9. The topological polar surface area (TPSA) is 34.1 Å². The third-order valence-electron chi connectivity index (χ3n) is 4.61. The molecule has 0 aromatic heterocycles. The number of carbonyl (C=O) groups is 2. The summed E-state index contributed by atoms with van der Waals surface area (Å²) in [6.45, 7) is 6.03. The molecule has 1 aliphatic rings. The van der Waals surface area contributed by atoms with Gasteiger partial charge in [-0.25, -0.2) is 0 Å². The van der Waals surface area contributed by atoms with Crippen molar-refractivity contribution in [1.82, 2.24) is 0 Å². The van der Waals surface area contributed by atoms with Crippen LogP contribution in [0.15, 0.2) is 48.5 Å². The molecule has 0 amide bonds. The Labute approximate surface area is 142 Å². The van der Waals surface area contributed by atoms with Crippen molar-refractivity contribution in [2.75, 3.05) is 0 Å². The molecule has 0 bridgehead atoms. The molecule has 1 aliphatic heterocycles. The summed E-state index contributed by atoms with van der Waals surface area (Å²) in [5.41, 5.74) is 4.39. The monoisotopic (exact) mass is 332 g/mol. The standard InChI is InChI=1S/C21H17O2P/c1-12-8-13(2)19(14(3)9-12)24-20(22)17-10-15-6-4-5-7-16(15)11-18(17)21(24)23/h4-11H,1-3H3. The molecule has 0 spiro atoms. The lowest BCUT2D eigenvalue weighted by atomic mass is 10.0. The summed E-state index contributed by atoms with van der Waals surface area (Å²) in [5.74, 6) is 0. The molecule has 0 unspecified atom stereocenters. The van der Waals surface area contributed by atoms with Crippen LogP contribution in [0.1, 0.15) is 37.4 Å². The second-order valence-electron chi connectivity index (χ2n) is 6.44. The molecule has 0 radical (unpaired) electrons. The average molecular weight is 332 g/mol. The van der Waals surface area contributed by atoms with Gasteiger partial charge in [-0.2, -0.15) is 0 Å². The van der Waals surface area contributed by atoms with Crippen LogP contribution in [0.3, 0.4) is 0 Å². The Balaban J connectivity index is 1.93. The van der Waals surface area contributed by atoms with Gasteiger partial charge in [0.1, 0.15) is 0 Å². The van der Waals surface area contributed by atoms with Crippen molar-refractivity contribution >= 4 is 35.0 Å². The lowest BCUT2D eigenvalue weighted by Crippen LogP contribution is -2.15. The van der Waals surface area contributed by atoms with Crippen LogP contribution in [-0.4, -0.2) is 11.0 Å². The zero-order valence-corrected chi connectivity index (χ0v) is 14.8. The van der Waals surface area contributed by atoms with Crippen molar-refractivity contribution < 1.29 is 9.59 Å². The van der Waals surface area contributed by atoms with Crippen LogP contribution in [0.25, 0.3) is 10.8 Å². The number of aryl methyl sites for hydroxylation is 3. The van der Waals surface area contributed by atoms with Gasteiger partial charge < -0.3 is 0 Å². The largest absolute Gasteiger partial charge is 0.288 e. The average Bonchev–Trinajstić information content (AvgIpc) is 2.77. The predicted octanol–water partition coefficient (Wildman–Crippen LogP) is 4.87. The fourth-order valence-electron chi connectivity index (χ4n) is 3.66. The Morgan fingerprint density at radius 2 is 1.17 bits per heavy atom. The van der Waals surface area contributed by atoms with Gasteiger partial charge in [-0.05, 0) is 60.1 Å². The van der Waals surface area contributed by atoms with E-state index in [0.29, 0.717) is 11.1 Å². The lowest BCUT2D eigenvalue weighted by molar-refractivity contribution is 0.107. The van der Waals surface area contributed by atoms with Crippen LogP contribution in [-0.2, 0) is 0 Å².